The number of piperazine rings is 1. The van der Waals surface area contributed by atoms with E-state index in [1.807, 2.05) is 39.6 Å². The third-order valence-corrected chi connectivity index (χ3v) is 6.33. The average Bonchev–Trinajstić information content (AvgIpc) is 3.24. The number of likely N-dealkylation sites (N-methyl/N-ethyl adjacent to an activating group) is 1. The predicted molar refractivity (Wildman–Crippen MR) is 136 cm³/mol. The fourth-order valence-corrected chi connectivity index (χ4v) is 4.35. The zero-order chi connectivity index (χ0) is 26.1. The molecule has 192 valence electrons. The summed E-state index contributed by atoms with van der Waals surface area (Å²) in [5.74, 6) is -1.09. The molecule has 1 saturated heterocycles. The van der Waals surface area contributed by atoms with E-state index < -0.39 is 11.7 Å². The van der Waals surface area contributed by atoms with Crippen LogP contribution in [0.2, 0.25) is 0 Å². The number of nitrogens with one attached hydrogen (secondary N) is 1. The van der Waals surface area contributed by atoms with Gasteiger partial charge < -0.3 is 25.3 Å². The SMILES string of the molecule is CC(C)NC(=O)c1nnc(-c2cc(C(C)C)c(O)cc2O)n1-c1ccc(N2CCN(C)CC2)c(F)c1. The van der Waals surface area contributed by atoms with Crippen LogP contribution in [0.4, 0.5) is 10.1 Å². The lowest BCUT2D eigenvalue weighted by atomic mass is 9.98. The Morgan fingerprint density at radius 3 is 2.31 bits per heavy atom. The molecule has 0 saturated carbocycles. The molecule has 0 bridgehead atoms. The second kappa shape index (κ2) is 10.1. The minimum absolute atomic E-state index is 0.0373. The van der Waals surface area contributed by atoms with Crippen molar-refractivity contribution in [2.75, 3.05) is 38.1 Å². The van der Waals surface area contributed by atoms with Gasteiger partial charge in [0.1, 0.15) is 17.3 Å². The van der Waals surface area contributed by atoms with E-state index in [1.165, 1.54) is 16.7 Å². The Morgan fingerprint density at radius 1 is 1.00 bits per heavy atom. The normalized spacial score (nSPS) is 14.6. The van der Waals surface area contributed by atoms with E-state index in [4.69, 9.17) is 0 Å². The molecule has 1 aliphatic rings. The molecule has 2 heterocycles. The van der Waals surface area contributed by atoms with Crippen molar-refractivity contribution in [3.05, 3.63) is 47.5 Å². The largest absolute Gasteiger partial charge is 0.508 e. The Balaban J connectivity index is 1.85. The maximum atomic E-state index is 15.4. The van der Waals surface area contributed by atoms with E-state index in [2.05, 4.69) is 20.4 Å². The highest BCUT2D eigenvalue weighted by atomic mass is 19.1. The van der Waals surface area contributed by atoms with E-state index in [0.717, 1.165) is 13.1 Å². The summed E-state index contributed by atoms with van der Waals surface area (Å²) in [5, 5.41) is 32.1. The molecule has 0 aliphatic carbocycles. The fraction of sp³-hybridized carbons (Fsp3) is 0.423. The lowest BCUT2D eigenvalue weighted by Gasteiger charge is -2.34. The third kappa shape index (κ3) is 4.99. The van der Waals surface area contributed by atoms with Crippen LogP contribution in [0.3, 0.4) is 0 Å². The van der Waals surface area contributed by atoms with Gasteiger partial charge in [-0.25, -0.2) is 4.39 Å². The molecule has 0 radical (unpaired) electrons. The van der Waals surface area contributed by atoms with Crippen LogP contribution in [0.1, 0.15) is 49.8 Å². The van der Waals surface area contributed by atoms with Crippen LogP contribution in [-0.2, 0) is 0 Å². The van der Waals surface area contributed by atoms with Gasteiger partial charge in [-0.15, -0.1) is 10.2 Å². The quantitative estimate of drug-likeness (QED) is 0.480. The van der Waals surface area contributed by atoms with Crippen molar-refractivity contribution in [3.63, 3.8) is 0 Å². The highest BCUT2D eigenvalue weighted by Gasteiger charge is 2.26. The summed E-state index contributed by atoms with van der Waals surface area (Å²) in [5.41, 5.74) is 1.71. The summed E-state index contributed by atoms with van der Waals surface area (Å²) >= 11 is 0. The van der Waals surface area contributed by atoms with Crippen molar-refractivity contribution in [1.82, 2.24) is 25.0 Å². The number of phenolic OH excluding ortho intramolecular Hbond substituents is 2. The van der Waals surface area contributed by atoms with Crippen molar-refractivity contribution in [1.29, 1.82) is 0 Å². The molecule has 36 heavy (non-hydrogen) atoms. The summed E-state index contributed by atoms with van der Waals surface area (Å²) in [6, 6.07) is 7.48. The van der Waals surface area contributed by atoms with E-state index in [0.29, 0.717) is 30.0 Å². The Labute approximate surface area is 210 Å². The Bertz CT molecular complexity index is 1260. The minimum atomic E-state index is -0.477. The topological polar surface area (TPSA) is 107 Å². The number of carbonyl (C=O) groups is 1. The molecule has 0 unspecified atom stereocenters. The number of hydrogen-bond acceptors (Lipinski definition) is 7. The van der Waals surface area contributed by atoms with Crippen LogP contribution in [-0.4, -0.2) is 75.1 Å². The van der Waals surface area contributed by atoms with Gasteiger partial charge >= 0.3 is 0 Å². The van der Waals surface area contributed by atoms with Crippen LogP contribution in [0.15, 0.2) is 30.3 Å². The summed E-state index contributed by atoms with van der Waals surface area (Å²) in [6.07, 6.45) is 0. The second-order valence-electron chi connectivity index (χ2n) is 9.82. The zero-order valence-corrected chi connectivity index (χ0v) is 21.3. The molecule has 2 aromatic carbocycles. The molecule has 0 spiro atoms. The first-order valence-electron chi connectivity index (χ1n) is 12.1. The lowest BCUT2D eigenvalue weighted by Crippen LogP contribution is -2.44. The standard InChI is InChI=1S/C26H33FN6O3/c1-15(2)18-13-19(23(35)14-22(18)34)24-29-30-25(26(36)28-16(3)4)33(24)17-6-7-21(20(27)12-17)32-10-8-31(5)9-11-32/h6-7,12-16,34-35H,8-11H2,1-5H3,(H,28,36). The molecule has 1 amide bonds. The molecule has 4 rings (SSSR count). The van der Waals surface area contributed by atoms with Gasteiger partial charge in [-0.1, -0.05) is 13.8 Å². The van der Waals surface area contributed by atoms with Crippen LogP contribution in [0.5, 0.6) is 11.5 Å². The van der Waals surface area contributed by atoms with Gasteiger partial charge in [0.25, 0.3) is 5.91 Å². The van der Waals surface area contributed by atoms with Gasteiger partial charge in [-0.2, -0.15) is 0 Å². The lowest BCUT2D eigenvalue weighted by molar-refractivity contribution is 0.0930. The third-order valence-electron chi connectivity index (χ3n) is 6.33. The fourth-order valence-electron chi connectivity index (χ4n) is 4.35. The number of nitrogens with zero attached hydrogens (tertiary/aromatic N) is 5. The van der Waals surface area contributed by atoms with Crippen LogP contribution in [0.25, 0.3) is 17.1 Å². The molecule has 10 heteroatoms. The maximum Gasteiger partial charge on any atom is 0.289 e. The van der Waals surface area contributed by atoms with Crippen molar-refractivity contribution >= 4 is 11.6 Å². The molecule has 1 fully saturated rings. The Kier molecular flexibility index (Phi) is 7.16. The van der Waals surface area contributed by atoms with Crippen LogP contribution < -0.4 is 10.2 Å². The number of aromatic hydroxyl groups is 2. The molecular weight excluding hydrogens is 463 g/mol. The summed E-state index contributed by atoms with van der Waals surface area (Å²) in [4.78, 5) is 17.2. The van der Waals surface area contributed by atoms with Crippen LogP contribution in [0, 0.1) is 5.82 Å². The van der Waals surface area contributed by atoms with Gasteiger partial charge in [0.05, 0.1) is 16.9 Å². The van der Waals surface area contributed by atoms with Gasteiger partial charge in [0.2, 0.25) is 5.82 Å². The molecule has 3 N–H and O–H groups in total. The monoisotopic (exact) mass is 496 g/mol. The molecule has 9 nitrogen and oxygen atoms in total. The van der Waals surface area contributed by atoms with Gasteiger partial charge in [-0.05, 0) is 50.6 Å². The summed E-state index contributed by atoms with van der Waals surface area (Å²) in [7, 11) is 2.04. The molecule has 3 aromatic rings. The number of aromatic nitrogens is 3. The van der Waals surface area contributed by atoms with E-state index in [1.54, 1.807) is 18.2 Å². The number of phenols is 2. The first-order chi connectivity index (χ1) is 17.1. The second-order valence-corrected chi connectivity index (χ2v) is 9.82. The Hall–Kier alpha value is -3.66. The van der Waals surface area contributed by atoms with Crippen LogP contribution >= 0.6 is 0 Å². The van der Waals surface area contributed by atoms with Crippen molar-refractivity contribution in [2.45, 2.75) is 39.7 Å². The van der Waals surface area contributed by atoms with Crippen molar-refractivity contribution < 1.29 is 19.4 Å². The van der Waals surface area contributed by atoms with E-state index in [-0.39, 0.29) is 40.7 Å². The smallest absolute Gasteiger partial charge is 0.289 e. The number of hydrogen-bond donors (Lipinski definition) is 3. The molecule has 1 aromatic heterocycles. The first-order valence-corrected chi connectivity index (χ1v) is 12.1. The van der Waals surface area contributed by atoms with Gasteiger partial charge in [0.15, 0.2) is 5.82 Å². The van der Waals surface area contributed by atoms with Crippen molar-refractivity contribution in [3.8, 4) is 28.6 Å². The highest BCUT2D eigenvalue weighted by molar-refractivity contribution is 5.92. The zero-order valence-electron chi connectivity index (χ0n) is 21.3. The molecule has 0 atom stereocenters. The van der Waals surface area contributed by atoms with Gasteiger partial charge in [0, 0.05) is 44.4 Å². The highest BCUT2D eigenvalue weighted by Crippen LogP contribution is 2.38. The Morgan fingerprint density at radius 2 is 1.69 bits per heavy atom. The van der Waals surface area contributed by atoms with Crippen molar-refractivity contribution in [2.24, 2.45) is 0 Å². The number of carbonyl (C=O) groups excluding carboxylic acids is 1. The maximum absolute atomic E-state index is 15.4. The number of amides is 1. The molecular formula is C26H33FN6O3. The number of halogens is 1. The number of rotatable bonds is 6. The number of benzene rings is 2. The number of anilines is 1. The molecule has 1 aliphatic heterocycles. The van der Waals surface area contributed by atoms with E-state index in [9.17, 15) is 15.0 Å². The average molecular weight is 497 g/mol. The van der Waals surface area contributed by atoms with E-state index >= 15 is 4.39 Å². The predicted octanol–water partition coefficient (Wildman–Crippen LogP) is 3.50. The summed E-state index contributed by atoms with van der Waals surface area (Å²) in [6.45, 7) is 10.6. The summed E-state index contributed by atoms with van der Waals surface area (Å²) < 4.78 is 16.8. The first kappa shape index (κ1) is 25.4. The minimum Gasteiger partial charge on any atom is -0.508 e. The van der Waals surface area contributed by atoms with Gasteiger partial charge in [-0.3, -0.25) is 9.36 Å².